The molecule has 3 aromatic rings. The smallest absolute Gasteiger partial charge is 0.233 e. The van der Waals surface area contributed by atoms with Crippen molar-refractivity contribution in [1.82, 2.24) is 0 Å². The molecule has 0 aromatic heterocycles. The van der Waals surface area contributed by atoms with Gasteiger partial charge in [0, 0.05) is 5.69 Å². The van der Waals surface area contributed by atoms with Crippen LogP contribution in [0.5, 0.6) is 11.5 Å². The molecule has 0 saturated carbocycles. The van der Waals surface area contributed by atoms with E-state index in [1.165, 1.54) is 0 Å². The zero-order valence-electron chi connectivity index (χ0n) is 15.9. The van der Waals surface area contributed by atoms with Gasteiger partial charge in [-0.1, -0.05) is 42.5 Å². The van der Waals surface area contributed by atoms with Gasteiger partial charge in [-0.2, -0.15) is 0 Å². The van der Waals surface area contributed by atoms with E-state index in [0.717, 1.165) is 11.1 Å². The summed E-state index contributed by atoms with van der Waals surface area (Å²) in [6.07, 6.45) is -0.285. The Morgan fingerprint density at radius 3 is 2.18 bits per heavy atom. The molecule has 0 aliphatic heterocycles. The number of para-hydroxylation sites is 3. The largest absolute Gasteiger partial charge is 0.455 e. The lowest BCUT2D eigenvalue weighted by atomic mass is 10.1. The number of benzene rings is 3. The Labute approximate surface area is 164 Å². The SMILES string of the molecule is Cc1ccc(C)c(NC(=O)CC(=O)Nc2ccccc2Oc2ccccc2)c1. The molecule has 0 aliphatic rings. The minimum Gasteiger partial charge on any atom is -0.455 e. The number of rotatable bonds is 6. The van der Waals surface area contributed by atoms with Crippen LogP contribution < -0.4 is 15.4 Å². The van der Waals surface area contributed by atoms with Crippen LogP contribution in [0.4, 0.5) is 11.4 Å². The molecule has 28 heavy (non-hydrogen) atoms. The molecule has 3 aromatic carbocycles. The number of hydrogen-bond donors (Lipinski definition) is 2. The summed E-state index contributed by atoms with van der Waals surface area (Å²) in [5.74, 6) is 0.397. The van der Waals surface area contributed by atoms with E-state index < -0.39 is 5.91 Å². The summed E-state index contributed by atoms with van der Waals surface area (Å²) in [6, 6.07) is 22.2. The standard InChI is InChI=1S/C23H22N2O3/c1-16-12-13-17(2)20(14-16)25-23(27)15-22(26)24-19-10-6-7-11-21(19)28-18-8-4-3-5-9-18/h3-14H,15H2,1-2H3,(H,24,26)(H,25,27). The van der Waals surface area contributed by atoms with Gasteiger partial charge in [-0.05, 0) is 55.3 Å². The third kappa shape index (κ3) is 5.20. The molecule has 0 saturated heterocycles. The highest BCUT2D eigenvalue weighted by atomic mass is 16.5. The minimum absolute atomic E-state index is 0.285. The number of carbonyl (C=O) groups is 2. The van der Waals surface area contributed by atoms with Gasteiger partial charge in [0.05, 0.1) is 5.69 Å². The Morgan fingerprint density at radius 1 is 0.786 bits per heavy atom. The van der Waals surface area contributed by atoms with Gasteiger partial charge in [-0.25, -0.2) is 0 Å². The zero-order valence-corrected chi connectivity index (χ0v) is 15.9. The highest BCUT2D eigenvalue weighted by molar-refractivity contribution is 6.08. The minimum atomic E-state index is -0.410. The summed E-state index contributed by atoms with van der Waals surface area (Å²) in [5, 5.41) is 5.54. The first-order valence-corrected chi connectivity index (χ1v) is 9.00. The van der Waals surface area contributed by atoms with E-state index >= 15 is 0 Å². The van der Waals surface area contributed by atoms with Crippen molar-refractivity contribution in [1.29, 1.82) is 0 Å². The highest BCUT2D eigenvalue weighted by Crippen LogP contribution is 2.29. The van der Waals surface area contributed by atoms with Crippen LogP contribution in [0.3, 0.4) is 0 Å². The maximum atomic E-state index is 12.3. The van der Waals surface area contributed by atoms with Gasteiger partial charge in [-0.3, -0.25) is 9.59 Å². The highest BCUT2D eigenvalue weighted by Gasteiger charge is 2.13. The number of nitrogens with one attached hydrogen (secondary N) is 2. The average molecular weight is 374 g/mol. The van der Waals surface area contributed by atoms with Crippen LogP contribution in [-0.4, -0.2) is 11.8 Å². The fourth-order valence-corrected chi connectivity index (χ4v) is 2.68. The van der Waals surface area contributed by atoms with Crippen molar-refractivity contribution in [2.75, 3.05) is 10.6 Å². The predicted molar refractivity (Wildman–Crippen MR) is 111 cm³/mol. The van der Waals surface area contributed by atoms with Gasteiger partial charge in [0.2, 0.25) is 11.8 Å². The molecule has 0 radical (unpaired) electrons. The molecule has 0 heterocycles. The van der Waals surface area contributed by atoms with E-state index in [0.29, 0.717) is 22.9 Å². The topological polar surface area (TPSA) is 67.4 Å². The van der Waals surface area contributed by atoms with Crippen LogP contribution in [-0.2, 0) is 9.59 Å². The van der Waals surface area contributed by atoms with E-state index in [9.17, 15) is 9.59 Å². The molecule has 3 rings (SSSR count). The van der Waals surface area contributed by atoms with Crippen molar-refractivity contribution in [3.05, 3.63) is 83.9 Å². The maximum absolute atomic E-state index is 12.3. The maximum Gasteiger partial charge on any atom is 0.233 e. The van der Waals surface area contributed by atoms with Crippen molar-refractivity contribution in [3.63, 3.8) is 0 Å². The summed E-state index contributed by atoms with van der Waals surface area (Å²) >= 11 is 0. The van der Waals surface area contributed by atoms with E-state index in [4.69, 9.17) is 4.74 Å². The fraction of sp³-hybridized carbons (Fsp3) is 0.130. The first-order valence-electron chi connectivity index (χ1n) is 9.00. The van der Waals surface area contributed by atoms with Crippen LogP contribution >= 0.6 is 0 Å². The normalized spacial score (nSPS) is 10.2. The average Bonchev–Trinajstić information content (AvgIpc) is 2.67. The molecule has 0 aliphatic carbocycles. The van der Waals surface area contributed by atoms with Gasteiger partial charge in [0.15, 0.2) is 5.75 Å². The first-order chi connectivity index (χ1) is 13.5. The van der Waals surface area contributed by atoms with Gasteiger partial charge in [0.25, 0.3) is 0 Å². The molecule has 2 N–H and O–H groups in total. The van der Waals surface area contributed by atoms with Crippen LogP contribution in [0.25, 0.3) is 0 Å². The number of amides is 2. The number of anilines is 2. The molecule has 0 spiro atoms. The Morgan fingerprint density at radius 2 is 1.43 bits per heavy atom. The molecule has 0 unspecified atom stereocenters. The van der Waals surface area contributed by atoms with E-state index in [1.54, 1.807) is 18.2 Å². The molecular weight excluding hydrogens is 352 g/mol. The molecule has 142 valence electrons. The van der Waals surface area contributed by atoms with Crippen molar-refractivity contribution >= 4 is 23.2 Å². The molecular formula is C23H22N2O3. The number of carbonyl (C=O) groups excluding carboxylic acids is 2. The molecule has 0 atom stereocenters. The second-order valence-electron chi connectivity index (χ2n) is 6.50. The number of aryl methyl sites for hydroxylation is 2. The monoisotopic (exact) mass is 374 g/mol. The predicted octanol–water partition coefficient (Wildman–Crippen LogP) is 5.06. The van der Waals surface area contributed by atoms with Crippen LogP contribution in [0, 0.1) is 13.8 Å². The Balaban J connectivity index is 1.63. The van der Waals surface area contributed by atoms with Crippen LogP contribution in [0.15, 0.2) is 72.8 Å². The van der Waals surface area contributed by atoms with Crippen LogP contribution in [0.1, 0.15) is 17.5 Å². The van der Waals surface area contributed by atoms with Gasteiger partial charge >= 0.3 is 0 Å². The van der Waals surface area contributed by atoms with Crippen molar-refractivity contribution < 1.29 is 14.3 Å². The van der Waals surface area contributed by atoms with Crippen LogP contribution in [0.2, 0.25) is 0 Å². The summed E-state index contributed by atoms with van der Waals surface area (Å²) in [6.45, 7) is 3.86. The quantitative estimate of drug-likeness (QED) is 0.593. The van der Waals surface area contributed by atoms with Gasteiger partial charge < -0.3 is 15.4 Å². The lowest BCUT2D eigenvalue weighted by Crippen LogP contribution is -2.22. The molecule has 0 fully saturated rings. The Hall–Kier alpha value is -3.60. The Bertz CT molecular complexity index is 984. The van der Waals surface area contributed by atoms with Crippen molar-refractivity contribution in [2.45, 2.75) is 20.3 Å². The second-order valence-corrected chi connectivity index (χ2v) is 6.50. The Kier molecular flexibility index (Phi) is 6.07. The van der Waals surface area contributed by atoms with Crippen molar-refractivity contribution in [2.24, 2.45) is 0 Å². The van der Waals surface area contributed by atoms with Gasteiger partial charge in [-0.15, -0.1) is 0 Å². The third-order valence-electron chi connectivity index (χ3n) is 4.12. The van der Waals surface area contributed by atoms with E-state index in [-0.39, 0.29) is 12.3 Å². The summed E-state index contributed by atoms with van der Waals surface area (Å²) < 4.78 is 5.82. The lowest BCUT2D eigenvalue weighted by molar-refractivity contribution is -0.123. The molecule has 0 bridgehead atoms. The molecule has 5 nitrogen and oxygen atoms in total. The summed E-state index contributed by atoms with van der Waals surface area (Å²) in [7, 11) is 0. The number of ether oxygens (including phenoxy) is 1. The number of hydrogen-bond acceptors (Lipinski definition) is 3. The summed E-state index contributed by atoms with van der Waals surface area (Å²) in [5.41, 5.74) is 3.21. The fourth-order valence-electron chi connectivity index (χ4n) is 2.68. The van der Waals surface area contributed by atoms with Crippen molar-refractivity contribution in [3.8, 4) is 11.5 Å². The second kappa shape index (κ2) is 8.86. The van der Waals surface area contributed by atoms with E-state index in [1.807, 2.05) is 68.4 Å². The molecule has 2 amide bonds. The lowest BCUT2D eigenvalue weighted by Gasteiger charge is -2.13. The van der Waals surface area contributed by atoms with E-state index in [2.05, 4.69) is 10.6 Å². The molecule has 5 heteroatoms. The van der Waals surface area contributed by atoms with Gasteiger partial charge in [0.1, 0.15) is 12.2 Å². The first kappa shape index (κ1) is 19.2. The third-order valence-corrected chi connectivity index (χ3v) is 4.12. The zero-order chi connectivity index (χ0) is 19.9. The summed E-state index contributed by atoms with van der Waals surface area (Å²) in [4.78, 5) is 24.6.